The van der Waals surface area contributed by atoms with E-state index in [1.807, 2.05) is 0 Å². The predicted octanol–water partition coefficient (Wildman–Crippen LogP) is 5.74. The summed E-state index contributed by atoms with van der Waals surface area (Å²) in [5, 5.41) is 20.7. The fraction of sp³-hybridized carbons (Fsp3) is 0.103. The Morgan fingerprint density at radius 1 is 0.872 bits per heavy atom. The number of anilines is 1. The summed E-state index contributed by atoms with van der Waals surface area (Å²) in [6.07, 6.45) is -0.214. The Labute approximate surface area is 224 Å². The molecule has 1 atom stereocenters. The normalized spacial score (nSPS) is 12.0. The second kappa shape index (κ2) is 11.0. The molecule has 3 N–H and O–H groups in total. The van der Waals surface area contributed by atoms with Crippen LogP contribution in [0.2, 0.25) is 0 Å². The maximum Gasteiger partial charge on any atom is 0.336 e. The van der Waals surface area contributed by atoms with Crippen molar-refractivity contribution in [2.75, 3.05) is 11.0 Å². The lowest BCUT2D eigenvalue weighted by Crippen LogP contribution is -2.21. The van der Waals surface area contributed by atoms with E-state index >= 15 is 0 Å². The molecule has 0 aliphatic carbocycles. The van der Waals surface area contributed by atoms with Crippen molar-refractivity contribution in [2.24, 2.45) is 0 Å². The SMILES string of the molecule is Cc1cc(-c2cccc(NS(C)(=O)=O)c2)c(C(=O)O)c(C(Oc2ccc(F)cc2)c2ccccc2)c1C(=O)O. The molecule has 0 amide bonds. The van der Waals surface area contributed by atoms with Gasteiger partial charge in [0.2, 0.25) is 10.0 Å². The number of rotatable bonds is 9. The van der Waals surface area contributed by atoms with E-state index in [1.54, 1.807) is 49.4 Å². The summed E-state index contributed by atoms with van der Waals surface area (Å²) in [7, 11) is -3.61. The van der Waals surface area contributed by atoms with Crippen LogP contribution in [0.3, 0.4) is 0 Å². The molecule has 39 heavy (non-hydrogen) atoms. The van der Waals surface area contributed by atoms with Crippen LogP contribution < -0.4 is 9.46 Å². The van der Waals surface area contributed by atoms with Crippen molar-refractivity contribution < 1.29 is 37.3 Å². The van der Waals surface area contributed by atoms with Gasteiger partial charge in [-0.2, -0.15) is 0 Å². The molecule has 200 valence electrons. The third-order valence-corrected chi connectivity index (χ3v) is 6.51. The van der Waals surface area contributed by atoms with Crippen molar-refractivity contribution in [2.45, 2.75) is 13.0 Å². The number of carboxylic acids is 2. The van der Waals surface area contributed by atoms with Crippen LogP contribution in [0, 0.1) is 12.7 Å². The van der Waals surface area contributed by atoms with E-state index in [2.05, 4.69) is 4.72 Å². The largest absolute Gasteiger partial charge is 0.481 e. The summed E-state index contributed by atoms with van der Waals surface area (Å²) in [6, 6.07) is 21.1. The van der Waals surface area contributed by atoms with E-state index in [-0.39, 0.29) is 39.3 Å². The number of sulfonamides is 1. The van der Waals surface area contributed by atoms with Gasteiger partial charge in [-0.05, 0) is 71.6 Å². The molecule has 0 radical (unpaired) electrons. The van der Waals surface area contributed by atoms with Gasteiger partial charge in [-0.1, -0.05) is 42.5 Å². The van der Waals surface area contributed by atoms with Gasteiger partial charge in [0.05, 0.1) is 17.4 Å². The zero-order valence-corrected chi connectivity index (χ0v) is 21.7. The Kier molecular flexibility index (Phi) is 7.68. The minimum atomic E-state index is -3.61. The first-order chi connectivity index (χ1) is 18.4. The van der Waals surface area contributed by atoms with Crippen LogP contribution in [0.25, 0.3) is 11.1 Å². The molecule has 0 saturated heterocycles. The van der Waals surface area contributed by atoms with Gasteiger partial charge in [-0.15, -0.1) is 0 Å². The molecule has 0 fully saturated rings. The van der Waals surface area contributed by atoms with Crippen molar-refractivity contribution in [1.29, 1.82) is 0 Å². The molecule has 0 spiro atoms. The number of aromatic carboxylic acids is 2. The van der Waals surface area contributed by atoms with Crippen molar-refractivity contribution in [3.05, 3.63) is 119 Å². The molecule has 1 unspecified atom stereocenters. The van der Waals surface area contributed by atoms with Crippen LogP contribution >= 0.6 is 0 Å². The maximum atomic E-state index is 13.6. The van der Waals surface area contributed by atoms with Crippen LogP contribution in [-0.4, -0.2) is 36.8 Å². The lowest BCUT2D eigenvalue weighted by atomic mass is 9.84. The summed E-state index contributed by atoms with van der Waals surface area (Å²) in [6.45, 7) is 1.54. The lowest BCUT2D eigenvalue weighted by Gasteiger charge is -2.26. The Balaban J connectivity index is 2.04. The summed E-state index contributed by atoms with van der Waals surface area (Å²) in [5.41, 5.74) is 0.759. The zero-order chi connectivity index (χ0) is 28.3. The number of nitrogens with one attached hydrogen (secondary N) is 1. The standard InChI is InChI=1S/C29H24FNO7S/c1-17-15-23(19-9-6-10-21(16-19)31-39(2,36)37)25(29(34)35)26(24(17)28(32)33)27(18-7-4-3-5-8-18)38-22-13-11-20(30)12-14-22/h3-16,27,31H,1-2H3,(H,32,33)(H,34,35). The fourth-order valence-electron chi connectivity index (χ4n) is 4.38. The number of carbonyl (C=O) groups is 2. The number of halogens is 1. The topological polar surface area (TPSA) is 130 Å². The number of benzene rings is 4. The van der Waals surface area contributed by atoms with Crippen molar-refractivity contribution >= 4 is 27.6 Å². The average molecular weight is 550 g/mol. The van der Waals surface area contributed by atoms with Gasteiger partial charge < -0.3 is 14.9 Å². The first-order valence-corrected chi connectivity index (χ1v) is 13.5. The molecule has 0 saturated carbocycles. The second-order valence-electron chi connectivity index (χ2n) is 8.83. The zero-order valence-electron chi connectivity index (χ0n) is 20.9. The summed E-state index contributed by atoms with van der Waals surface area (Å²) in [4.78, 5) is 25.4. The molecule has 10 heteroatoms. The van der Waals surface area contributed by atoms with Gasteiger partial charge in [0.15, 0.2) is 6.10 Å². The predicted molar refractivity (Wildman–Crippen MR) is 144 cm³/mol. The van der Waals surface area contributed by atoms with Gasteiger partial charge >= 0.3 is 11.9 Å². The summed E-state index contributed by atoms with van der Waals surface area (Å²) in [5.74, 6) is -3.07. The number of hydrogen-bond acceptors (Lipinski definition) is 5. The average Bonchev–Trinajstić information content (AvgIpc) is 2.87. The Hall–Kier alpha value is -4.70. The van der Waals surface area contributed by atoms with E-state index in [0.29, 0.717) is 11.1 Å². The van der Waals surface area contributed by atoms with Gasteiger partial charge in [0.1, 0.15) is 11.6 Å². The molecule has 4 aromatic carbocycles. The molecule has 4 aromatic rings. The van der Waals surface area contributed by atoms with Gasteiger partial charge in [-0.25, -0.2) is 22.4 Å². The molecule has 4 rings (SSSR count). The first kappa shape index (κ1) is 27.3. The van der Waals surface area contributed by atoms with Crippen LogP contribution in [0.5, 0.6) is 5.75 Å². The van der Waals surface area contributed by atoms with Crippen LogP contribution in [0.1, 0.15) is 43.5 Å². The number of aryl methyl sites for hydroxylation is 1. The summed E-state index contributed by atoms with van der Waals surface area (Å²) >= 11 is 0. The molecule has 0 bridgehead atoms. The van der Waals surface area contributed by atoms with Gasteiger partial charge in [0, 0.05) is 11.3 Å². The molecular weight excluding hydrogens is 525 g/mol. The highest BCUT2D eigenvalue weighted by molar-refractivity contribution is 7.92. The van der Waals surface area contributed by atoms with E-state index in [4.69, 9.17) is 4.74 Å². The first-order valence-electron chi connectivity index (χ1n) is 11.6. The Morgan fingerprint density at radius 2 is 1.51 bits per heavy atom. The Bertz CT molecular complexity index is 1650. The van der Waals surface area contributed by atoms with Gasteiger partial charge in [0.25, 0.3) is 0 Å². The number of ether oxygens (including phenoxy) is 1. The molecule has 8 nitrogen and oxygen atoms in total. The molecule has 0 aliphatic rings. The third kappa shape index (κ3) is 6.24. The number of carboxylic acid groups (broad SMARTS) is 2. The molecule has 0 aromatic heterocycles. The fourth-order valence-corrected chi connectivity index (χ4v) is 4.94. The van der Waals surface area contributed by atoms with Crippen LogP contribution in [0.15, 0.2) is 84.9 Å². The van der Waals surface area contributed by atoms with Crippen molar-refractivity contribution in [1.82, 2.24) is 0 Å². The molecule has 0 heterocycles. The van der Waals surface area contributed by atoms with E-state index < -0.39 is 33.9 Å². The highest BCUT2D eigenvalue weighted by Crippen LogP contribution is 2.40. The van der Waals surface area contributed by atoms with Crippen LogP contribution in [0.4, 0.5) is 10.1 Å². The minimum absolute atomic E-state index is 0.109. The van der Waals surface area contributed by atoms with Gasteiger partial charge in [-0.3, -0.25) is 4.72 Å². The minimum Gasteiger partial charge on any atom is -0.481 e. The molecular formula is C29H24FNO7S. The van der Waals surface area contributed by atoms with E-state index in [1.165, 1.54) is 42.5 Å². The van der Waals surface area contributed by atoms with Crippen molar-refractivity contribution in [3.8, 4) is 16.9 Å². The lowest BCUT2D eigenvalue weighted by molar-refractivity contribution is 0.0689. The quantitative estimate of drug-likeness (QED) is 0.243. The van der Waals surface area contributed by atoms with E-state index in [9.17, 15) is 32.6 Å². The summed E-state index contributed by atoms with van der Waals surface area (Å²) < 4.78 is 45.7. The van der Waals surface area contributed by atoms with Crippen molar-refractivity contribution in [3.63, 3.8) is 0 Å². The number of hydrogen-bond donors (Lipinski definition) is 3. The Morgan fingerprint density at radius 3 is 2.10 bits per heavy atom. The smallest absolute Gasteiger partial charge is 0.336 e. The maximum absolute atomic E-state index is 13.6. The van der Waals surface area contributed by atoms with E-state index in [0.717, 1.165) is 6.26 Å². The monoisotopic (exact) mass is 549 g/mol. The third-order valence-electron chi connectivity index (χ3n) is 5.90. The molecule has 0 aliphatic heterocycles. The highest BCUT2D eigenvalue weighted by Gasteiger charge is 2.33. The second-order valence-corrected chi connectivity index (χ2v) is 10.6. The van der Waals surface area contributed by atoms with Crippen LogP contribution in [-0.2, 0) is 10.0 Å². The highest BCUT2D eigenvalue weighted by atomic mass is 32.2.